The standard InChI is InChI=1S/C21H26N6O10P2S2/c22-21-25-18-12(19(29)26-21)2-4-27(18)20-17-16(28)14(35-20)8-33-38(30,40)36-13-6-11(34-15-1-3-23-9-24-15)5-10(13)7-32-39(31,41)37-17/h1-4,9-11,13-14,16-17,20,28H,5-8H2,(H,30,40)(H,31,41)(H3,22,25,26,29)/t10-,11-,13+,14-,16-,17-,20-,38-,39+/m1/s1. The summed E-state index contributed by atoms with van der Waals surface area (Å²) in [6.45, 7) is -8.74. The molecule has 6 rings (SSSR count). The van der Waals surface area contributed by atoms with E-state index < -0.39 is 68.4 Å². The van der Waals surface area contributed by atoms with Gasteiger partial charge in [-0.25, -0.2) is 19.1 Å². The van der Waals surface area contributed by atoms with Gasteiger partial charge in [-0.15, -0.1) is 0 Å². The Kier molecular flexibility index (Phi) is 8.00. The zero-order valence-electron chi connectivity index (χ0n) is 21.0. The topological polar surface area (TPSA) is 212 Å². The number of aliphatic hydroxyl groups is 1. The Hall–Kier alpha value is -1.98. The van der Waals surface area contributed by atoms with Crippen LogP contribution in [0.5, 0.6) is 5.88 Å². The first-order valence-corrected chi connectivity index (χ1v) is 17.8. The number of nitrogens with zero attached hydrogens (tertiary/aromatic N) is 4. The van der Waals surface area contributed by atoms with Crippen molar-refractivity contribution >= 4 is 55.1 Å². The number of anilines is 1. The summed E-state index contributed by atoms with van der Waals surface area (Å²) in [5.74, 6) is -0.264. The van der Waals surface area contributed by atoms with Crippen molar-refractivity contribution in [2.45, 2.75) is 49.6 Å². The van der Waals surface area contributed by atoms with E-state index in [1.165, 1.54) is 29.4 Å². The summed E-state index contributed by atoms with van der Waals surface area (Å²) >= 11 is 8.27. The highest BCUT2D eigenvalue weighted by atomic mass is 32.7. The van der Waals surface area contributed by atoms with Gasteiger partial charge in [-0.3, -0.25) is 23.3 Å². The first kappa shape index (κ1) is 29.1. The van der Waals surface area contributed by atoms with Gasteiger partial charge in [0.1, 0.15) is 30.7 Å². The van der Waals surface area contributed by atoms with Crippen LogP contribution < -0.4 is 16.0 Å². The lowest BCUT2D eigenvalue weighted by Crippen LogP contribution is -2.35. The monoisotopic (exact) mass is 648 g/mol. The number of nitrogen functional groups attached to an aromatic ring is 1. The van der Waals surface area contributed by atoms with E-state index in [2.05, 4.69) is 44.4 Å². The largest absolute Gasteiger partial charge is 0.474 e. The van der Waals surface area contributed by atoms with Gasteiger partial charge < -0.3 is 29.4 Å². The smallest absolute Gasteiger partial charge is 0.386 e. The first-order valence-electron chi connectivity index (χ1n) is 12.4. The molecule has 2 bridgehead atoms. The minimum Gasteiger partial charge on any atom is -0.474 e. The number of nitrogens with one attached hydrogen (secondary N) is 1. The zero-order valence-corrected chi connectivity index (χ0v) is 24.6. The highest BCUT2D eigenvalue weighted by Gasteiger charge is 2.51. The van der Waals surface area contributed by atoms with Gasteiger partial charge in [-0.05, 0) is 12.5 Å². The molecule has 20 heteroatoms. The first-order chi connectivity index (χ1) is 19.5. The van der Waals surface area contributed by atoms with Crippen LogP contribution in [0.2, 0.25) is 0 Å². The van der Waals surface area contributed by atoms with E-state index in [1.807, 2.05) is 0 Å². The van der Waals surface area contributed by atoms with Crippen LogP contribution in [0.3, 0.4) is 0 Å². The molecular formula is C21H26N6O10P2S2. The second-order valence-electron chi connectivity index (χ2n) is 9.73. The van der Waals surface area contributed by atoms with E-state index in [0.717, 1.165) is 0 Å². The minimum absolute atomic E-state index is 0.126. The van der Waals surface area contributed by atoms with Crippen molar-refractivity contribution < 1.29 is 41.8 Å². The van der Waals surface area contributed by atoms with Crippen molar-refractivity contribution in [3.05, 3.63) is 41.2 Å². The second kappa shape index (κ2) is 11.3. The number of thiol groups is 2. The van der Waals surface area contributed by atoms with Gasteiger partial charge in [0.15, 0.2) is 11.9 Å². The molecule has 41 heavy (non-hydrogen) atoms. The third kappa shape index (κ3) is 6.22. The molecule has 2 aliphatic heterocycles. The number of hydrogen-bond acceptors (Lipinski definition) is 14. The maximum Gasteiger partial charge on any atom is 0.386 e. The molecule has 3 aromatic heterocycles. The Balaban J connectivity index is 1.28. The number of ether oxygens (including phenoxy) is 2. The quantitative estimate of drug-likeness (QED) is 0.203. The number of aliphatic hydroxyl groups excluding tert-OH is 1. The number of hydrogen-bond donors (Lipinski definition) is 5. The van der Waals surface area contributed by atoms with Crippen molar-refractivity contribution in [3.63, 3.8) is 0 Å². The molecule has 5 heterocycles. The number of aromatic nitrogens is 5. The second-order valence-corrected chi connectivity index (χ2v) is 15.5. The Morgan fingerprint density at radius 1 is 1.12 bits per heavy atom. The van der Waals surface area contributed by atoms with Crippen LogP contribution >= 0.6 is 38.1 Å². The van der Waals surface area contributed by atoms with Crippen LogP contribution in [0.1, 0.15) is 19.1 Å². The number of H-pyrrole nitrogens is 1. The van der Waals surface area contributed by atoms with Crippen LogP contribution in [0.15, 0.2) is 35.6 Å². The fourth-order valence-electron chi connectivity index (χ4n) is 5.16. The zero-order chi connectivity index (χ0) is 28.9. The van der Waals surface area contributed by atoms with Gasteiger partial charge in [0, 0.05) is 30.8 Å². The number of aromatic amines is 1. The molecule has 16 nitrogen and oxygen atoms in total. The molecule has 0 amide bonds. The van der Waals surface area contributed by atoms with Crippen LogP contribution in [-0.2, 0) is 32.0 Å². The average molecular weight is 649 g/mol. The summed E-state index contributed by atoms with van der Waals surface area (Å²) < 4.78 is 62.6. The van der Waals surface area contributed by atoms with Gasteiger partial charge in [0.05, 0.1) is 24.7 Å². The van der Waals surface area contributed by atoms with Gasteiger partial charge >= 0.3 is 13.6 Å². The summed E-state index contributed by atoms with van der Waals surface area (Å²) in [6, 6.07) is 3.07. The molecule has 4 N–H and O–H groups in total. The van der Waals surface area contributed by atoms with Crippen LogP contribution in [0.4, 0.5) is 5.95 Å². The maximum atomic E-state index is 13.4. The Bertz CT molecular complexity index is 1580. The lowest BCUT2D eigenvalue weighted by molar-refractivity contribution is -0.0485. The molecule has 3 aliphatic rings. The molecule has 0 aromatic carbocycles. The highest BCUT2D eigenvalue weighted by molar-refractivity contribution is 8.44. The summed E-state index contributed by atoms with van der Waals surface area (Å²) in [5, 5.41) is 11.3. The van der Waals surface area contributed by atoms with Crippen molar-refractivity contribution in [3.8, 4) is 5.88 Å². The molecule has 2 saturated heterocycles. The lowest BCUT2D eigenvalue weighted by atomic mass is 10.1. The predicted molar refractivity (Wildman–Crippen MR) is 149 cm³/mol. The fraction of sp³-hybridized carbons (Fsp3) is 0.524. The fourth-order valence-corrected chi connectivity index (χ4v) is 8.22. The Labute approximate surface area is 242 Å². The van der Waals surface area contributed by atoms with Crippen molar-refractivity contribution in [2.24, 2.45) is 5.92 Å². The van der Waals surface area contributed by atoms with Gasteiger partial charge in [0.25, 0.3) is 5.56 Å². The SMILES string of the molecule is Nc1nc2c(ccn2[C@@H]2O[C@@H]3CO[P@@](=O)(S)O[C@H]4C[C@H](Oc5ccncn5)C[C@@H]4CO[P@](=O)(S)O[C@@H]2[C@@H]3O)c(=O)[nH]1. The van der Waals surface area contributed by atoms with Crippen LogP contribution in [-0.4, -0.2) is 73.3 Å². The van der Waals surface area contributed by atoms with Crippen LogP contribution in [0, 0.1) is 5.92 Å². The van der Waals surface area contributed by atoms with E-state index in [-0.39, 0.29) is 30.0 Å². The number of fused-ring (bicyclic) bond motifs is 4. The molecule has 3 aromatic rings. The molecule has 0 unspecified atom stereocenters. The van der Waals surface area contributed by atoms with E-state index in [4.69, 9.17) is 33.3 Å². The summed E-state index contributed by atoms with van der Waals surface area (Å²) in [6.07, 6.45) is -1.22. The van der Waals surface area contributed by atoms with Gasteiger partial charge in [0.2, 0.25) is 11.8 Å². The minimum atomic E-state index is -4.14. The van der Waals surface area contributed by atoms with E-state index >= 15 is 0 Å². The third-order valence-electron chi connectivity index (χ3n) is 6.99. The van der Waals surface area contributed by atoms with Crippen LogP contribution in [0.25, 0.3) is 11.0 Å². The highest BCUT2D eigenvalue weighted by Crippen LogP contribution is 2.60. The molecular weight excluding hydrogens is 622 g/mol. The average Bonchev–Trinajstić information content (AvgIpc) is 3.57. The molecule has 0 spiro atoms. The van der Waals surface area contributed by atoms with Crippen molar-refractivity contribution in [1.29, 1.82) is 0 Å². The maximum absolute atomic E-state index is 13.4. The summed E-state index contributed by atoms with van der Waals surface area (Å²) in [4.78, 5) is 26.8. The Morgan fingerprint density at radius 2 is 1.90 bits per heavy atom. The van der Waals surface area contributed by atoms with E-state index in [9.17, 15) is 19.0 Å². The molecule has 3 fully saturated rings. The van der Waals surface area contributed by atoms with Gasteiger partial charge in [-0.1, -0.05) is 24.5 Å². The third-order valence-corrected chi connectivity index (χ3v) is 10.2. The lowest BCUT2D eigenvalue weighted by Gasteiger charge is -2.26. The molecule has 1 saturated carbocycles. The number of nitrogens with two attached hydrogens (primary N) is 1. The number of rotatable bonds is 3. The molecule has 1 aliphatic carbocycles. The molecule has 0 radical (unpaired) electrons. The van der Waals surface area contributed by atoms with E-state index in [1.54, 1.807) is 6.07 Å². The Morgan fingerprint density at radius 3 is 2.68 bits per heavy atom. The molecule has 9 atom stereocenters. The molecule has 222 valence electrons. The van der Waals surface area contributed by atoms with Gasteiger partial charge in [-0.2, -0.15) is 4.98 Å². The van der Waals surface area contributed by atoms with E-state index in [0.29, 0.717) is 12.3 Å². The summed E-state index contributed by atoms with van der Waals surface area (Å²) in [5.41, 5.74) is 5.36. The van der Waals surface area contributed by atoms with Crippen molar-refractivity contribution in [2.75, 3.05) is 18.9 Å². The van der Waals surface area contributed by atoms with Crippen molar-refractivity contribution in [1.82, 2.24) is 24.5 Å². The summed E-state index contributed by atoms with van der Waals surface area (Å²) in [7, 11) is 0. The predicted octanol–water partition coefficient (Wildman–Crippen LogP) is 2.11. The normalized spacial score (nSPS) is 38.1.